The fourth-order valence-corrected chi connectivity index (χ4v) is 0.976. The van der Waals surface area contributed by atoms with E-state index in [1.54, 1.807) is 0 Å². The fourth-order valence-electron chi connectivity index (χ4n) is 0.976. The molecule has 3 amide bonds. The molecule has 0 aliphatic heterocycles. The quantitative estimate of drug-likeness (QED) is 0.260. The molecule has 0 bridgehead atoms. The van der Waals surface area contributed by atoms with Gasteiger partial charge in [-0.1, -0.05) is 0 Å². The number of carboxylic acids is 1. The van der Waals surface area contributed by atoms with Gasteiger partial charge < -0.3 is 31.9 Å². The Morgan fingerprint density at radius 2 is 1.68 bits per heavy atom. The minimum absolute atomic E-state index is 0.282. The number of aliphatic hydroxyl groups excluding tert-OH is 1. The summed E-state index contributed by atoms with van der Waals surface area (Å²) in [6.45, 7) is -2.02. The van der Waals surface area contributed by atoms with Crippen LogP contribution in [0.4, 0.5) is 0 Å². The predicted molar refractivity (Wildman–Crippen MR) is 61.7 cm³/mol. The third-order valence-corrected chi connectivity index (χ3v) is 1.88. The maximum Gasteiger partial charge on any atom is 0.322 e. The Kier molecular flexibility index (Phi) is 7.81. The van der Waals surface area contributed by atoms with E-state index >= 15 is 0 Å². The lowest BCUT2D eigenvalue weighted by Gasteiger charge is -2.15. The highest BCUT2D eigenvalue weighted by Gasteiger charge is 2.20. The molecule has 0 saturated carbocycles. The largest absolute Gasteiger partial charge is 0.480 e. The average Bonchev–Trinajstić information content (AvgIpc) is 2.39. The van der Waals surface area contributed by atoms with Crippen LogP contribution in [-0.4, -0.2) is 66.2 Å². The molecule has 0 aromatic carbocycles. The Balaban J connectivity index is 4.16. The number of aliphatic carboxylic acids is 1. The number of aliphatic hydroxyl groups is 1. The van der Waals surface area contributed by atoms with Crippen molar-refractivity contribution in [3.05, 3.63) is 0 Å². The molecule has 0 aliphatic rings. The molecule has 19 heavy (non-hydrogen) atoms. The van der Waals surface area contributed by atoms with E-state index in [2.05, 4.69) is 10.6 Å². The third-order valence-electron chi connectivity index (χ3n) is 1.88. The van der Waals surface area contributed by atoms with Gasteiger partial charge in [0.2, 0.25) is 17.7 Å². The molecule has 0 rings (SSSR count). The van der Waals surface area contributed by atoms with Crippen molar-refractivity contribution in [2.24, 2.45) is 5.73 Å². The zero-order chi connectivity index (χ0) is 14.8. The molecule has 1 unspecified atom stereocenters. The van der Waals surface area contributed by atoms with Crippen LogP contribution in [-0.2, 0) is 19.2 Å². The van der Waals surface area contributed by atoms with E-state index < -0.39 is 49.4 Å². The lowest BCUT2D eigenvalue weighted by Crippen LogP contribution is -2.52. The maximum absolute atomic E-state index is 11.4. The van der Waals surface area contributed by atoms with E-state index in [0.717, 1.165) is 0 Å². The van der Waals surface area contributed by atoms with Crippen molar-refractivity contribution >= 4 is 23.7 Å². The van der Waals surface area contributed by atoms with Crippen molar-refractivity contribution in [3.8, 4) is 0 Å². The lowest BCUT2D eigenvalue weighted by molar-refractivity contribution is -0.138. The minimum Gasteiger partial charge on any atom is -0.480 e. The summed E-state index contributed by atoms with van der Waals surface area (Å²) in [6.07, 6.45) is 0. The Labute approximate surface area is 108 Å². The van der Waals surface area contributed by atoms with Crippen LogP contribution in [0.1, 0.15) is 0 Å². The number of carboxylic acid groups (broad SMARTS) is 1. The Hall–Kier alpha value is -2.20. The van der Waals surface area contributed by atoms with Gasteiger partial charge in [-0.05, 0) is 0 Å². The van der Waals surface area contributed by atoms with Crippen LogP contribution in [0, 0.1) is 0 Å². The van der Waals surface area contributed by atoms with Crippen LogP contribution < -0.4 is 21.7 Å². The zero-order valence-electron chi connectivity index (χ0n) is 10.0. The molecule has 0 heterocycles. The van der Waals surface area contributed by atoms with Gasteiger partial charge in [-0.3, -0.25) is 19.2 Å². The smallest absolute Gasteiger partial charge is 0.322 e. The first-order chi connectivity index (χ1) is 8.90. The third kappa shape index (κ3) is 7.68. The summed E-state index contributed by atoms with van der Waals surface area (Å²) in [6, 6.07) is -1.29. The number of hydrogen-bond acceptors (Lipinski definition) is 6. The molecule has 0 aromatic heterocycles. The second-order valence-corrected chi connectivity index (χ2v) is 3.40. The molecule has 0 radical (unpaired) electrons. The van der Waals surface area contributed by atoms with Gasteiger partial charge in [0.05, 0.1) is 19.7 Å². The van der Waals surface area contributed by atoms with Crippen LogP contribution in [0.15, 0.2) is 0 Å². The Morgan fingerprint density at radius 3 is 2.16 bits per heavy atom. The Bertz CT molecular complexity index is 359. The first kappa shape index (κ1) is 16.8. The molecule has 7 N–H and O–H groups in total. The van der Waals surface area contributed by atoms with Crippen molar-refractivity contribution in [2.75, 3.05) is 26.2 Å². The van der Waals surface area contributed by atoms with Crippen LogP contribution in [0.2, 0.25) is 0 Å². The van der Waals surface area contributed by atoms with Crippen molar-refractivity contribution in [1.29, 1.82) is 0 Å². The molecule has 10 nitrogen and oxygen atoms in total. The molecule has 10 heteroatoms. The summed E-state index contributed by atoms with van der Waals surface area (Å²) in [5.41, 5.74) is 5.00. The Morgan fingerprint density at radius 1 is 1.05 bits per heavy atom. The summed E-state index contributed by atoms with van der Waals surface area (Å²) in [4.78, 5) is 43.6. The normalized spacial score (nSPS) is 11.3. The minimum atomic E-state index is -1.29. The summed E-state index contributed by atoms with van der Waals surface area (Å²) in [5.74, 6) is -3.37. The first-order valence-electron chi connectivity index (χ1n) is 5.27. The lowest BCUT2D eigenvalue weighted by atomic mass is 10.3. The number of hydrogen-bond donors (Lipinski definition) is 6. The molecule has 0 fully saturated rings. The van der Waals surface area contributed by atoms with E-state index in [4.69, 9.17) is 15.9 Å². The van der Waals surface area contributed by atoms with E-state index in [9.17, 15) is 19.2 Å². The standard InChI is InChI=1S/C9H16N4O6/c10-1-6(15)11-2-7(16)13-5(4-14)9(19)12-3-8(17)18/h5,14H,1-4,10H2,(H,11,15)(H,12,19)(H,13,16)(H,17,18). The molecule has 0 aromatic rings. The average molecular weight is 276 g/mol. The highest BCUT2D eigenvalue weighted by atomic mass is 16.4. The van der Waals surface area contributed by atoms with Crippen LogP contribution in [0.3, 0.4) is 0 Å². The molecule has 1 atom stereocenters. The molecule has 108 valence electrons. The van der Waals surface area contributed by atoms with E-state index in [1.165, 1.54) is 0 Å². The molecular weight excluding hydrogens is 260 g/mol. The number of amides is 3. The number of nitrogens with two attached hydrogens (primary N) is 1. The summed E-state index contributed by atoms with van der Waals surface area (Å²) in [5, 5.41) is 23.5. The van der Waals surface area contributed by atoms with Crippen molar-refractivity contribution in [2.45, 2.75) is 6.04 Å². The van der Waals surface area contributed by atoms with Crippen LogP contribution in [0.25, 0.3) is 0 Å². The summed E-state index contributed by atoms with van der Waals surface area (Å²) >= 11 is 0. The summed E-state index contributed by atoms with van der Waals surface area (Å²) < 4.78 is 0. The second-order valence-electron chi connectivity index (χ2n) is 3.40. The number of carbonyl (C=O) groups excluding carboxylic acids is 3. The highest BCUT2D eigenvalue weighted by Crippen LogP contribution is 1.83. The van der Waals surface area contributed by atoms with Gasteiger partial charge in [0.15, 0.2) is 0 Å². The first-order valence-corrected chi connectivity index (χ1v) is 5.27. The van der Waals surface area contributed by atoms with E-state index in [0.29, 0.717) is 0 Å². The zero-order valence-corrected chi connectivity index (χ0v) is 10.0. The van der Waals surface area contributed by atoms with Crippen LogP contribution >= 0.6 is 0 Å². The second kappa shape index (κ2) is 8.83. The monoisotopic (exact) mass is 276 g/mol. The van der Waals surface area contributed by atoms with Crippen molar-refractivity contribution in [3.63, 3.8) is 0 Å². The van der Waals surface area contributed by atoms with Gasteiger partial charge >= 0.3 is 5.97 Å². The van der Waals surface area contributed by atoms with Gasteiger partial charge in [-0.2, -0.15) is 0 Å². The van der Waals surface area contributed by atoms with Gasteiger partial charge in [-0.15, -0.1) is 0 Å². The fraction of sp³-hybridized carbons (Fsp3) is 0.556. The topological polar surface area (TPSA) is 171 Å². The maximum atomic E-state index is 11.4. The van der Waals surface area contributed by atoms with E-state index in [-0.39, 0.29) is 6.54 Å². The van der Waals surface area contributed by atoms with Gasteiger partial charge in [0, 0.05) is 0 Å². The van der Waals surface area contributed by atoms with Gasteiger partial charge in [0.25, 0.3) is 0 Å². The van der Waals surface area contributed by atoms with Crippen molar-refractivity contribution in [1.82, 2.24) is 16.0 Å². The van der Waals surface area contributed by atoms with Gasteiger partial charge in [0.1, 0.15) is 12.6 Å². The van der Waals surface area contributed by atoms with Crippen LogP contribution in [0.5, 0.6) is 0 Å². The van der Waals surface area contributed by atoms with Crippen molar-refractivity contribution < 1.29 is 29.4 Å². The molecule has 0 aliphatic carbocycles. The van der Waals surface area contributed by atoms with E-state index in [1.807, 2.05) is 5.32 Å². The number of rotatable bonds is 8. The highest BCUT2D eigenvalue weighted by molar-refractivity contribution is 5.91. The number of nitrogens with one attached hydrogen (secondary N) is 3. The molecule has 0 spiro atoms. The molecule has 0 saturated heterocycles. The molecular formula is C9H16N4O6. The number of carbonyl (C=O) groups is 4. The summed E-state index contributed by atoms with van der Waals surface area (Å²) in [7, 11) is 0. The predicted octanol–water partition coefficient (Wildman–Crippen LogP) is -4.26. The SMILES string of the molecule is NCC(=O)NCC(=O)NC(CO)C(=O)NCC(=O)O. The van der Waals surface area contributed by atoms with Gasteiger partial charge in [-0.25, -0.2) is 0 Å².